The number of hydrogen-bond donors (Lipinski definition) is 1. The zero-order chi connectivity index (χ0) is 22.0. The van der Waals surface area contributed by atoms with Gasteiger partial charge in [0.05, 0.1) is 28.7 Å². The molecule has 1 aliphatic heterocycles. The lowest BCUT2D eigenvalue weighted by atomic mass is 10.3. The number of hydrogen-bond acceptors (Lipinski definition) is 8. The monoisotopic (exact) mass is 472 g/mol. The number of fused-ring (bicyclic) bond motifs is 1. The fraction of sp³-hybridized carbons (Fsp3) is 0.444. The minimum atomic E-state index is -4.45. The van der Waals surface area contributed by atoms with Crippen LogP contribution < -0.4 is 10.2 Å². The van der Waals surface area contributed by atoms with Crippen LogP contribution in [-0.4, -0.2) is 63.4 Å². The second kappa shape index (κ2) is 9.01. The van der Waals surface area contributed by atoms with E-state index in [1.165, 1.54) is 11.3 Å². The Hall–Kier alpha value is -2.38. The molecule has 31 heavy (non-hydrogen) atoms. The molecule has 0 radical (unpaired) electrons. The Morgan fingerprint density at radius 1 is 1.29 bits per heavy atom. The highest BCUT2D eigenvalue weighted by Crippen LogP contribution is 2.31. The summed E-state index contributed by atoms with van der Waals surface area (Å²) in [6, 6.07) is 7.47. The average Bonchev–Trinajstić information content (AvgIpc) is 3.31. The molecule has 1 unspecified atom stereocenters. The van der Waals surface area contributed by atoms with Gasteiger partial charge in [-0.25, -0.2) is 4.98 Å². The maximum atomic E-state index is 13.2. The van der Waals surface area contributed by atoms with E-state index in [0.717, 1.165) is 26.5 Å². The van der Waals surface area contributed by atoms with Gasteiger partial charge in [-0.2, -0.15) is 13.2 Å². The van der Waals surface area contributed by atoms with Crippen LogP contribution in [0.1, 0.15) is 6.92 Å². The van der Waals surface area contributed by atoms with Gasteiger partial charge in [0, 0.05) is 13.1 Å². The molecule has 0 bridgehead atoms. The molecule has 1 N–H and O–H groups in total. The maximum absolute atomic E-state index is 13.2. The first-order valence-electron chi connectivity index (χ1n) is 9.46. The SMILES string of the molecule is CC(Sc1nnc(N2CCOCC2)n1CC(F)(F)F)C(=O)Nc1nc2ccccc2s1. The molecule has 166 valence electrons. The highest BCUT2D eigenvalue weighted by molar-refractivity contribution is 8.00. The molecule has 3 aromatic rings. The van der Waals surface area contributed by atoms with Crippen LogP contribution in [0.25, 0.3) is 10.2 Å². The fourth-order valence-corrected chi connectivity index (χ4v) is 4.74. The number of halogens is 3. The number of amides is 1. The van der Waals surface area contributed by atoms with Crippen LogP contribution in [0.5, 0.6) is 0 Å². The Kier molecular flexibility index (Phi) is 6.34. The first-order valence-corrected chi connectivity index (χ1v) is 11.2. The molecule has 1 aliphatic rings. The number of thioether (sulfide) groups is 1. The quantitative estimate of drug-likeness (QED) is 0.551. The van der Waals surface area contributed by atoms with Crippen molar-refractivity contribution in [2.45, 2.75) is 30.1 Å². The first kappa shape index (κ1) is 21.8. The zero-order valence-corrected chi connectivity index (χ0v) is 18.1. The summed E-state index contributed by atoms with van der Waals surface area (Å²) in [6.45, 7) is 2.03. The zero-order valence-electron chi connectivity index (χ0n) is 16.4. The van der Waals surface area contributed by atoms with Gasteiger partial charge >= 0.3 is 6.18 Å². The number of nitrogens with one attached hydrogen (secondary N) is 1. The fourth-order valence-electron chi connectivity index (χ4n) is 3.03. The van der Waals surface area contributed by atoms with Crippen LogP contribution in [0.4, 0.5) is 24.3 Å². The van der Waals surface area contributed by atoms with E-state index in [1.54, 1.807) is 11.8 Å². The van der Waals surface area contributed by atoms with Gasteiger partial charge in [-0.05, 0) is 19.1 Å². The van der Waals surface area contributed by atoms with Gasteiger partial charge in [0.1, 0.15) is 6.54 Å². The largest absolute Gasteiger partial charge is 0.406 e. The van der Waals surface area contributed by atoms with Gasteiger partial charge in [0.25, 0.3) is 0 Å². The van der Waals surface area contributed by atoms with Crippen molar-refractivity contribution in [3.63, 3.8) is 0 Å². The van der Waals surface area contributed by atoms with Crippen molar-refractivity contribution >= 4 is 50.3 Å². The molecular formula is C18H19F3N6O2S2. The van der Waals surface area contributed by atoms with Gasteiger partial charge in [0.15, 0.2) is 10.3 Å². The predicted octanol–water partition coefficient (Wildman–Crippen LogP) is 3.41. The molecule has 1 amide bonds. The molecule has 13 heteroatoms. The molecular weight excluding hydrogens is 453 g/mol. The van der Waals surface area contributed by atoms with Crippen molar-refractivity contribution in [2.75, 3.05) is 36.5 Å². The van der Waals surface area contributed by atoms with Gasteiger partial charge in [-0.15, -0.1) is 10.2 Å². The van der Waals surface area contributed by atoms with Crippen LogP contribution in [-0.2, 0) is 16.1 Å². The Morgan fingerprint density at radius 2 is 2.03 bits per heavy atom. The van der Waals surface area contributed by atoms with E-state index in [9.17, 15) is 18.0 Å². The third-order valence-electron chi connectivity index (χ3n) is 4.50. The summed E-state index contributed by atoms with van der Waals surface area (Å²) in [4.78, 5) is 18.7. The highest BCUT2D eigenvalue weighted by Gasteiger charge is 2.33. The summed E-state index contributed by atoms with van der Waals surface area (Å²) < 4.78 is 46.8. The summed E-state index contributed by atoms with van der Waals surface area (Å²) in [6.07, 6.45) is -4.45. The number of thiazole rings is 1. The van der Waals surface area contributed by atoms with Gasteiger partial charge < -0.3 is 15.0 Å². The molecule has 2 aromatic heterocycles. The van der Waals surface area contributed by atoms with E-state index in [-0.39, 0.29) is 17.0 Å². The molecule has 1 aromatic carbocycles. The standard InChI is InChI=1S/C18H19F3N6O2S2/c1-11(14(28)23-15-22-12-4-2-3-5-13(12)31-15)30-17-25-24-16(26-6-8-29-9-7-26)27(17)10-18(19,20)21/h2-5,11H,6-10H2,1H3,(H,22,23,28). The minimum Gasteiger partial charge on any atom is -0.378 e. The topological polar surface area (TPSA) is 85.2 Å². The molecule has 1 fully saturated rings. The maximum Gasteiger partial charge on any atom is 0.406 e. The summed E-state index contributed by atoms with van der Waals surface area (Å²) >= 11 is 2.26. The first-order chi connectivity index (χ1) is 14.8. The molecule has 1 saturated heterocycles. The second-order valence-corrected chi connectivity index (χ2v) is 9.16. The van der Waals surface area contributed by atoms with Gasteiger partial charge in [0.2, 0.25) is 11.9 Å². The number of nitrogens with zero attached hydrogens (tertiary/aromatic N) is 5. The van der Waals surface area contributed by atoms with Crippen LogP contribution in [0.2, 0.25) is 0 Å². The lowest BCUT2D eigenvalue weighted by Crippen LogP contribution is -2.38. The van der Waals surface area contributed by atoms with Crippen LogP contribution in [0, 0.1) is 0 Å². The minimum absolute atomic E-state index is 0.0331. The normalized spacial score (nSPS) is 15.9. The number of para-hydroxylation sites is 1. The number of carbonyl (C=O) groups excluding carboxylic acids is 1. The summed E-state index contributed by atoms with van der Waals surface area (Å²) in [5, 5.41) is 10.4. The molecule has 4 rings (SSSR count). The highest BCUT2D eigenvalue weighted by atomic mass is 32.2. The number of ether oxygens (including phenoxy) is 1. The average molecular weight is 473 g/mol. The third-order valence-corrected chi connectivity index (χ3v) is 6.54. The van der Waals surface area contributed by atoms with Crippen molar-refractivity contribution in [3.05, 3.63) is 24.3 Å². The van der Waals surface area contributed by atoms with Crippen LogP contribution in [0.15, 0.2) is 29.4 Å². The Morgan fingerprint density at radius 3 is 2.74 bits per heavy atom. The Balaban J connectivity index is 1.50. The van der Waals surface area contributed by atoms with Gasteiger partial charge in [-0.1, -0.05) is 35.2 Å². The number of rotatable bonds is 6. The number of anilines is 2. The predicted molar refractivity (Wildman–Crippen MR) is 113 cm³/mol. The van der Waals surface area contributed by atoms with Crippen molar-refractivity contribution in [1.29, 1.82) is 0 Å². The lowest BCUT2D eigenvalue weighted by molar-refractivity contribution is -0.141. The van der Waals surface area contributed by atoms with Crippen molar-refractivity contribution in [1.82, 2.24) is 19.7 Å². The van der Waals surface area contributed by atoms with E-state index < -0.39 is 18.0 Å². The van der Waals surface area contributed by atoms with E-state index in [2.05, 4.69) is 20.5 Å². The van der Waals surface area contributed by atoms with Crippen molar-refractivity contribution < 1.29 is 22.7 Å². The molecule has 1 atom stereocenters. The number of alkyl halides is 3. The second-order valence-electron chi connectivity index (χ2n) is 6.82. The Bertz CT molecular complexity index is 1030. The van der Waals surface area contributed by atoms with E-state index in [0.29, 0.717) is 31.4 Å². The summed E-state index contributed by atoms with van der Waals surface area (Å²) in [7, 11) is 0. The molecule has 0 aliphatic carbocycles. The lowest BCUT2D eigenvalue weighted by Gasteiger charge is -2.28. The number of aromatic nitrogens is 4. The Labute approximate surface area is 183 Å². The number of benzene rings is 1. The number of carbonyl (C=O) groups is 1. The smallest absolute Gasteiger partial charge is 0.378 e. The third kappa shape index (κ3) is 5.28. The van der Waals surface area contributed by atoms with E-state index >= 15 is 0 Å². The number of morpholine rings is 1. The molecule has 0 spiro atoms. The summed E-state index contributed by atoms with van der Waals surface area (Å²) in [5.41, 5.74) is 0.767. The van der Waals surface area contributed by atoms with Crippen LogP contribution >= 0.6 is 23.1 Å². The van der Waals surface area contributed by atoms with E-state index in [1.807, 2.05) is 24.3 Å². The van der Waals surface area contributed by atoms with Crippen LogP contribution in [0.3, 0.4) is 0 Å². The van der Waals surface area contributed by atoms with Crippen molar-refractivity contribution in [2.24, 2.45) is 0 Å². The molecule has 0 saturated carbocycles. The van der Waals surface area contributed by atoms with E-state index in [4.69, 9.17) is 4.74 Å². The molecule has 8 nitrogen and oxygen atoms in total. The van der Waals surface area contributed by atoms with Gasteiger partial charge in [-0.3, -0.25) is 9.36 Å². The molecule has 3 heterocycles. The van der Waals surface area contributed by atoms with Crippen molar-refractivity contribution in [3.8, 4) is 0 Å². The summed E-state index contributed by atoms with van der Waals surface area (Å²) in [5.74, 6) is -0.250.